The van der Waals surface area contributed by atoms with Crippen LogP contribution >= 0.6 is 23.2 Å². The van der Waals surface area contributed by atoms with Crippen molar-refractivity contribution >= 4 is 35.1 Å². The fourth-order valence-corrected chi connectivity index (χ4v) is 2.53. The third kappa shape index (κ3) is 2.64. The van der Waals surface area contributed by atoms with Gasteiger partial charge >= 0.3 is 5.97 Å². The second kappa shape index (κ2) is 5.30. The molecule has 2 heterocycles. The molecule has 1 N–H and O–H groups in total. The maximum Gasteiger partial charge on any atom is 0.326 e. The molecule has 0 spiro atoms. The van der Waals surface area contributed by atoms with E-state index in [-0.39, 0.29) is 21.8 Å². The first-order chi connectivity index (χ1) is 8.91. The zero-order valence-corrected chi connectivity index (χ0v) is 11.5. The normalized spacial score (nSPS) is 22.6. The molecule has 0 aliphatic carbocycles. The van der Waals surface area contributed by atoms with Crippen LogP contribution in [0.15, 0.2) is 6.07 Å². The lowest BCUT2D eigenvalue weighted by Gasteiger charge is -2.23. The number of rotatable bonds is 2. The second-order valence-corrected chi connectivity index (χ2v) is 5.16. The topological polar surface area (TPSA) is 83.4 Å². The van der Waals surface area contributed by atoms with Crippen molar-refractivity contribution in [3.63, 3.8) is 0 Å². The number of carbonyl (C=O) groups excluding carboxylic acids is 1. The maximum atomic E-state index is 12.3. The van der Waals surface area contributed by atoms with E-state index in [1.807, 2.05) is 0 Å². The molecule has 1 aromatic heterocycles. The summed E-state index contributed by atoms with van der Waals surface area (Å²) in [6, 6.07) is 0.441. The van der Waals surface area contributed by atoms with Crippen LogP contribution in [0.1, 0.15) is 23.7 Å². The number of carboxylic acids is 1. The van der Waals surface area contributed by atoms with Crippen molar-refractivity contribution in [3.8, 4) is 0 Å². The number of halogens is 2. The van der Waals surface area contributed by atoms with Gasteiger partial charge in [0, 0.05) is 6.54 Å². The Labute approximate surface area is 119 Å². The van der Waals surface area contributed by atoms with Gasteiger partial charge in [-0.25, -0.2) is 4.79 Å². The van der Waals surface area contributed by atoms with E-state index in [1.54, 1.807) is 6.92 Å². The van der Waals surface area contributed by atoms with Gasteiger partial charge in [-0.2, -0.15) is 0 Å². The molecule has 2 rings (SSSR count). The van der Waals surface area contributed by atoms with E-state index in [9.17, 15) is 14.7 Å². The third-order valence-corrected chi connectivity index (χ3v) is 3.63. The van der Waals surface area contributed by atoms with Gasteiger partial charge in [-0.1, -0.05) is 30.1 Å². The average molecular weight is 304 g/mol. The van der Waals surface area contributed by atoms with E-state index in [2.05, 4.69) is 10.2 Å². The molecule has 0 radical (unpaired) electrons. The highest BCUT2D eigenvalue weighted by Gasteiger charge is 2.40. The van der Waals surface area contributed by atoms with Crippen LogP contribution in [0.4, 0.5) is 0 Å². The molecule has 1 fully saturated rings. The maximum absolute atomic E-state index is 12.3. The van der Waals surface area contributed by atoms with Crippen molar-refractivity contribution in [2.45, 2.75) is 19.4 Å². The summed E-state index contributed by atoms with van der Waals surface area (Å²) in [7, 11) is 0. The molecule has 0 aromatic carbocycles. The smallest absolute Gasteiger partial charge is 0.326 e. The fraction of sp³-hybridized carbons (Fsp3) is 0.455. The Balaban J connectivity index is 2.33. The Morgan fingerprint density at radius 3 is 2.74 bits per heavy atom. The minimum absolute atomic E-state index is 0.0341. The van der Waals surface area contributed by atoms with E-state index in [1.165, 1.54) is 11.0 Å². The Bertz CT molecular complexity index is 538. The highest BCUT2D eigenvalue weighted by atomic mass is 35.5. The molecule has 2 unspecified atom stereocenters. The number of likely N-dealkylation sites (tertiary alicyclic amines) is 1. The van der Waals surface area contributed by atoms with Crippen molar-refractivity contribution in [1.82, 2.24) is 15.1 Å². The molecule has 6 nitrogen and oxygen atoms in total. The number of amides is 1. The molecule has 1 aromatic rings. The predicted octanol–water partition coefficient (Wildman–Crippen LogP) is 1.72. The molecule has 1 aliphatic heterocycles. The summed E-state index contributed by atoms with van der Waals surface area (Å²) in [4.78, 5) is 24.8. The minimum atomic E-state index is -1.03. The molecule has 0 saturated carbocycles. The lowest BCUT2D eigenvalue weighted by molar-refractivity contribution is -0.142. The predicted molar refractivity (Wildman–Crippen MR) is 68.3 cm³/mol. The molecular weight excluding hydrogens is 293 g/mol. The van der Waals surface area contributed by atoms with E-state index in [0.717, 1.165) is 0 Å². The van der Waals surface area contributed by atoms with Crippen molar-refractivity contribution in [3.05, 3.63) is 21.9 Å². The van der Waals surface area contributed by atoms with E-state index in [0.29, 0.717) is 13.0 Å². The van der Waals surface area contributed by atoms with Crippen LogP contribution in [0.2, 0.25) is 10.3 Å². The highest BCUT2D eigenvalue weighted by molar-refractivity contribution is 6.34. The Morgan fingerprint density at radius 1 is 1.42 bits per heavy atom. The van der Waals surface area contributed by atoms with Crippen LogP contribution in [0.25, 0.3) is 0 Å². The number of aliphatic carboxylic acids is 1. The van der Waals surface area contributed by atoms with Gasteiger partial charge in [-0.05, 0) is 18.4 Å². The first-order valence-electron chi connectivity index (χ1n) is 5.64. The molecule has 19 heavy (non-hydrogen) atoms. The molecule has 8 heteroatoms. The number of carboxylic acid groups (broad SMARTS) is 1. The molecule has 1 amide bonds. The molecule has 1 aliphatic rings. The summed E-state index contributed by atoms with van der Waals surface area (Å²) in [5.41, 5.74) is 0.0713. The van der Waals surface area contributed by atoms with Gasteiger partial charge in [0.05, 0.1) is 5.56 Å². The number of hydrogen-bond acceptors (Lipinski definition) is 4. The molecule has 0 bridgehead atoms. The van der Waals surface area contributed by atoms with Gasteiger partial charge in [0.15, 0.2) is 10.3 Å². The summed E-state index contributed by atoms with van der Waals surface area (Å²) in [6.45, 7) is 2.17. The van der Waals surface area contributed by atoms with Crippen LogP contribution in [0, 0.1) is 5.92 Å². The van der Waals surface area contributed by atoms with Crippen LogP contribution < -0.4 is 0 Å². The zero-order valence-electron chi connectivity index (χ0n) is 10.0. The van der Waals surface area contributed by atoms with Crippen molar-refractivity contribution in [2.75, 3.05) is 6.54 Å². The van der Waals surface area contributed by atoms with Gasteiger partial charge in [-0.3, -0.25) is 4.79 Å². The molecule has 2 atom stereocenters. The fourth-order valence-electron chi connectivity index (χ4n) is 2.21. The zero-order chi connectivity index (χ0) is 14.2. The Morgan fingerprint density at radius 2 is 2.11 bits per heavy atom. The van der Waals surface area contributed by atoms with Crippen LogP contribution in [0.5, 0.6) is 0 Å². The van der Waals surface area contributed by atoms with Crippen LogP contribution in [0.3, 0.4) is 0 Å². The van der Waals surface area contributed by atoms with Crippen molar-refractivity contribution < 1.29 is 14.7 Å². The van der Waals surface area contributed by atoms with E-state index in [4.69, 9.17) is 23.2 Å². The monoisotopic (exact) mass is 303 g/mol. The quantitative estimate of drug-likeness (QED) is 0.899. The summed E-state index contributed by atoms with van der Waals surface area (Å²) >= 11 is 11.5. The Hall–Kier alpha value is -1.40. The van der Waals surface area contributed by atoms with Gasteiger partial charge in [-0.15, -0.1) is 10.2 Å². The minimum Gasteiger partial charge on any atom is -0.480 e. The van der Waals surface area contributed by atoms with Gasteiger partial charge in [0.1, 0.15) is 6.04 Å². The summed E-state index contributed by atoms with van der Waals surface area (Å²) < 4.78 is 0. The van der Waals surface area contributed by atoms with Gasteiger partial charge < -0.3 is 10.0 Å². The van der Waals surface area contributed by atoms with E-state index < -0.39 is 17.9 Å². The largest absolute Gasteiger partial charge is 0.480 e. The average Bonchev–Trinajstić information content (AvgIpc) is 2.73. The summed E-state index contributed by atoms with van der Waals surface area (Å²) in [5.74, 6) is -1.62. The van der Waals surface area contributed by atoms with Crippen molar-refractivity contribution in [1.29, 1.82) is 0 Å². The molecule has 102 valence electrons. The number of carbonyl (C=O) groups is 2. The van der Waals surface area contributed by atoms with Crippen molar-refractivity contribution in [2.24, 2.45) is 5.92 Å². The van der Waals surface area contributed by atoms with Gasteiger partial charge in [0.2, 0.25) is 0 Å². The Kier molecular flexibility index (Phi) is 3.91. The summed E-state index contributed by atoms with van der Waals surface area (Å²) in [6.07, 6.45) is 0.632. The lowest BCUT2D eigenvalue weighted by Crippen LogP contribution is -2.42. The molecular formula is C11H11Cl2N3O3. The number of aromatic nitrogens is 2. The standard InChI is InChI=1S/C11H11Cl2N3O3/c1-5-2-3-16(8(5)11(18)19)10(17)6-4-7(12)14-15-9(6)13/h4-5,8H,2-3H2,1H3,(H,18,19). The summed E-state index contributed by atoms with van der Waals surface area (Å²) in [5, 5.41) is 16.2. The first kappa shape index (κ1) is 14.0. The number of nitrogens with zero attached hydrogens (tertiary/aromatic N) is 3. The van der Waals surface area contributed by atoms with Crippen LogP contribution in [-0.4, -0.2) is 44.7 Å². The second-order valence-electron chi connectivity index (χ2n) is 4.42. The third-order valence-electron chi connectivity index (χ3n) is 3.16. The SMILES string of the molecule is CC1CCN(C(=O)c2cc(Cl)nnc2Cl)C1C(=O)O. The lowest BCUT2D eigenvalue weighted by atomic mass is 10.0. The van der Waals surface area contributed by atoms with Gasteiger partial charge in [0.25, 0.3) is 5.91 Å². The van der Waals surface area contributed by atoms with Crippen LogP contribution in [-0.2, 0) is 4.79 Å². The first-order valence-corrected chi connectivity index (χ1v) is 6.40. The number of hydrogen-bond donors (Lipinski definition) is 1. The molecule has 1 saturated heterocycles. The highest BCUT2D eigenvalue weighted by Crippen LogP contribution is 2.27. The van der Waals surface area contributed by atoms with E-state index >= 15 is 0 Å².